The van der Waals surface area contributed by atoms with Gasteiger partial charge in [0.05, 0.1) is 0 Å². The first-order valence-corrected chi connectivity index (χ1v) is 7.13. The van der Waals surface area contributed by atoms with Gasteiger partial charge in [-0.3, -0.25) is 0 Å². The summed E-state index contributed by atoms with van der Waals surface area (Å²) in [7, 11) is 1.95. The topological polar surface area (TPSA) is 12.0 Å². The highest BCUT2D eigenvalue weighted by Crippen LogP contribution is 2.57. The second-order valence-electron chi connectivity index (χ2n) is 5.69. The van der Waals surface area contributed by atoms with E-state index in [1.807, 2.05) is 7.05 Å². The van der Waals surface area contributed by atoms with E-state index in [0.717, 1.165) is 19.3 Å². The van der Waals surface area contributed by atoms with E-state index in [9.17, 15) is 8.78 Å². The second-order valence-corrected chi connectivity index (χ2v) is 5.69. The molecule has 0 heterocycles. The molecule has 2 unspecified atom stereocenters. The van der Waals surface area contributed by atoms with Gasteiger partial charge in [-0.2, -0.15) is 0 Å². The average molecular weight is 267 g/mol. The molecule has 0 aromatic heterocycles. The number of nitrogens with one attached hydrogen (secondary N) is 1. The molecule has 0 bridgehead atoms. The Morgan fingerprint density at radius 2 is 1.84 bits per heavy atom. The third-order valence-corrected chi connectivity index (χ3v) is 5.18. The monoisotopic (exact) mass is 267 g/mol. The molecule has 1 fully saturated rings. The Labute approximate surface area is 114 Å². The fourth-order valence-electron chi connectivity index (χ4n) is 3.79. The van der Waals surface area contributed by atoms with Crippen molar-refractivity contribution < 1.29 is 8.78 Å². The van der Waals surface area contributed by atoms with Gasteiger partial charge in [0.2, 0.25) is 0 Å². The molecule has 1 aromatic rings. The summed E-state index contributed by atoms with van der Waals surface area (Å²) in [6.07, 6.45) is 2.85. The van der Waals surface area contributed by atoms with Crippen LogP contribution in [0.1, 0.15) is 50.2 Å². The van der Waals surface area contributed by atoms with E-state index in [1.54, 1.807) is 6.92 Å². The normalized spacial score (nSPS) is 25.2. The molecular formula is C16H23F2N. The van der Waals surface area contributed by atoms with Gasteiger partial charge in [-0.05, 0) is 67.8 Å². The molecule has 1 aliphatic carbocycles. The van der Waals surface area contributed by atoms with E-state index in [4.69, 9.17) is 0 Å². The zero-order valence-electron chi connectivity index (χ0n) is 12.2. The van der Waals surface area contributed by atoms with Crippen molar-refractivity contribution in [3.63, 3.8) is 0 Å². The molecule has 3 heteroatoms. The summed E-state index contributed by atoms with van der Waals surface area (Å²) in [5, 5.41) is 3.32. The first kappa shape index (κ1) is 14.4. The Balaban J connectivity index is 2.40. The van der Waals surface area contributed by atoms with Gasteiger partial charge >= 0.3 is 0 Å². The predicted molar refractivity (Wildman–Crippen MR) is 74.3 cm³/mol. The minimum atomic E-state index is -0.301. The maximum absolute atomic E-state index is 14.2. The molecule has 0 saturated heterocycles. The quantitative estimate of drug-likeness (QED) is 0.864. The summed E-state index contributed by atoms with van der Waals surface area (Å²) < 4.78 is 27.9. The molecule has 19 heavy (non-hydrogen) atoms. The fourth-order valence-corrected chi connectivity index (χ4v) is 3.79. The van der Waals surface area contributed by atoms with Crippen LogP contribution >= 0.6 is 0 Å². The molecule has 0 radical (unpaired) electrons. The number of rotatable bonds is 4. The maximum Gasteiger partial charge on any atom is 0.127 e. The summed E-state index contributed by atoms with van der Waals surface area (Å²) >= 11 is 0. The third-order valence-electron chi connectivity index (χ3n) is 5.18. The van der Waals surface area contributed by atoms with E-state index in [2.05, 4.69) is 19.2 Å². The number of benzene rings is 1. The fraction of sp³-hybridized carbons (Fsp3) is 0.625. The van der Waals surface area contributed by atoms with Crippen LogP contribution in [0.3, 0.4) is 0 Å². The van der Waals surface area contributed by atoms with E-state index in [-0.39, 0.29) is 23.0 Å². The first-order valence-electron chi connectivity index (χ1n) is 7.13. The average Bonchev–Trinajstić information content (AvgIpc) is 2.36. The van der Waals surface area contributed by atoms with Crippen LogP contribution in [0.5, 0.6) is 0 Å². The molecule has 0 amide bonds. The highest BCUT2D eigenvalue weighted by Gasteiger charge is 2.53. The molecule has 1 N–H and O–H groups in total. The van der Waals surface area contributed by atoms with Gasteiger partial charge in [-0.15, -0.1) is 0 Å². The van der Waals surface area contributed by atoms with Crippen LogP contribution in [0.25, 0.3) is 0 Å². The number of halogens is 2. The van der Waals surface area contributed by atoms with Gasteiger partial charge in [-0.1, -0.05) is 13.8 Å². The predicted octanol–water partition coefficient (Wildman–Crippen LogP) is 4.15. The lowest BCUT2D eigenvalue weighted by Gasteiger charge is -2.56. The first-order chi connectivity index (χ1) is 9.00. The standard InChI is InChI=1S/C16H23F2N/c1-5-16(6-2)12(9-15(16)19-4)11-8-13(17)10(3)7-14(11)18/h7-8,12,15,19H,5-6,9H2,1-4H3. The lowest BCUT2D eigenvalue weighted by atomic mass is 9.51. The molecule has 1 saturated carbocycles. The summed E-state index contributed by atoms with van der Waals surface area (Å²) in [6.45, 7) is 5.89. The van der Waals surface area contributed by atoms with Crippen molar-refractivity contribution in [2.24, 2.45) is 5.41 Å². The van der Waals surface area contributed by atoms with Crippen molar-refractivity contribution in [3.8, 4) is 0 Å². The Bertz CT molecular complexity index is 466. The second kappa shape index (κ2) is 5.20. The van der Waals surface area contributed by atoms with Crippen LogP contribution in [0.15, 0.2) is 12.1 Å². The molecule has 1 aromatic carbocycles. The van der Waals surface area contributed by atoms with Crippen molar-refractivity contribution in [1.82, 2.24) is 5.32 Å². The highest BCUT2D eigenvalue weighted by atomic mass is 19.1. The molecule has 0 spiro atoms. The zero-order valence-corrected chi connectivity index (χ0v) is 12.2. The minimum absolute atomic E-state index is 0.0529. The summed E-state index contributed by atoms with van der Waals surface area (Å²) in [6, 6.07) is 3.13. The van der Waals surface area contributed by atoms with Gasteiger partial charge in [0.25, 0.3) is 0 Å². The van der Waals surface area contributed by atoms with Crippen LogP contribution < -0.4 is 5.32 Å². The largest absolute Gasteiger partial charge is 0.316 e. The Hall–Kier alpha value is -0.960. The SMILES string of the molecule is CCC1(CC)C(NC)CC1c1cc(F)c(C)cc1F. The van der Waals surface area contributed by atoms with Crippen LogP contribution in [0.2, 0.25) is 0 Å². The van der Waals surface area contributed by atoms with E-state index >= 15 is 0 Å². The van der Waals surface area contributed by atoms with Gasteiger partial charge in [0.15, 0.2) is 0 Å². The molecule has 2 atom stereocenters. The van der Waals surface area contributed by atoms with Gasteiger partial charge < -0.3 is 5.32 Å². The Kier molecular flexibility index (Phi) is 3.95. The van der Waals surface area contributed by atoms with Gasteiger partial charge in [0.1, 0.15) is 11.6 Å². The smallest absolute Gasteiger partial charge is 0.127 e. The highest BCUT2D eigenvalue weighted by molar-refractivity contribution is 5.33. The lowest BCUT2D eigenvalue weighted by molar-refractivity contribution is 0.0225. The molecule has 106 valence electrons. The molecule has 1 nitrogen and oxygen atoms in total. The zero-order chi connectivity index (χ0) is 14.2. The van der Waals surface area contributed by atoms with Crippen LogP contribution in [-0.2, 0) is 0 Å². The summed E-state index contributed by atoms with van der Waals surface area (Å²) in [5.74, 6) is -0.440. The van der Waals surface area contributed by atoms with Crippen molar-refractivity contribution in [1.29, 1.82) is 0 Å². The molecule has 0 aliphatic heterocycles. The Morgan fingerprint density at radius 3 is 2.37 bits per heavy atom. The van der Waals surface area contributed by atoms with E-state index in [1.165, 1.54) is 12.1 Å². The van der Waals surface area contributed by atoms with E-state index < -0.39 is 0 Å². The summed E-state index contributed by atoms with van der Waals surface area (Å²) in [5.41, 5.74) is 0.986. The lowest BCUT2D eigenvalue weighted by Crippen LogP contribution is -2.57. The molecule has 1 aliphatic rings. The van der Waals surface area contributed by atoms with Crippen LogP contribution in [0, 0.1) is 24.0 Å². The van der Waals surface area contributed by atoms with E-state index in [0.29, 0.717) is 17.2 Å². The molecule has 2 rings (SSSR count). The molecular weight excluding hydrogens is 244 g/mol. The third kappa shape index (κ3) is 2.08. The van der Waals surface area contributed by atoms with Crippen molar-refractivity contribution in [3.05, 3.63) is 34.9 Å². The van der Waals surface area contributed by atoms with Crippen LogP contribution in [-0.4, -0.2) is 13.1 Å². The van der Waals surface area contributed by atoms with Gasteiger partial charge in [0, 0.05) is 6.04 Å². The number of hydrogen-bond acceptors (Lipinski definition) is 1. The van der Waals surface area contributed by atoms with Crippen molar-refractivity contribution in [2.45, 2.75) is 52.0 Å². The minimum Gasteiger partial charge on any atom is -0.316 e. The number of aryl methyl sites for hydroxylation is 1. The summed E-state index contributed by atoms with van der Waals surface area (Å²) in [4.78, 5) is 0. The number of hydrogen-bond donors (Lipinski definition) is 1. The van der Waals surface area contributed by atoms with Gasteiger partial charge in [-0.25, -0.2) is 8.78 Å². The van der Waals surface area contributed by atoms with Crippen LogP contribution in [0.4, 0.5) is 8.78 Å². The van der Waals surface area contributed by atoms with Crippen molar-refractivity contribution in [2.75, 3.05) is 7.05 Å². The van der Waals surface area contributed by atoms with Crippen molar-refractivity contribution >= 4 is 0 Å². The Morgan fingerprint density at radius 1 is 1.21 bits per heavy atom. The maximum atomic E-state index is 14.2.